The smallest absolute Gasteiger partial charge is 0.123 e. The van der Waals surface area contributed by atoms with Crippen molar-refractivity contribution < 1.29 is 4.39 Å². The number of hydrogen-bond acceptors (Lipinski definition) is 1. The number of benzene rings is 2. The lowest BCUT2D eigenvalue weighted by Crippen LogP contribution is -2.05. The van der Waals surface area contributed by atoms with Gasteiger partial charge in [-0.05, 0) is 41.8 Å². The van der Waals surface area contributed by atoms with Crippen molar-refractivity contribution in [3.05, 3.63) is 58.9 Å². The quantitative estimate of drug-likeness (QED) is 0.850. The van der Waals surface area contributed by atoms with Gasteiger partial charge in [-0.1, -0.05) is 35.9 Å². The van der Waals surface area contributed by atoms with Crippen LogP contribution in [-0.4, -0.2) is 0 Å². The second-order valence-corrected chi connectivity index (χ2v) is 4.44. The maximum absolute atomic E-state index is 12.8. The van der Waals surface area contributed by atoms with Gasteiger partial charge in [0, 0.05) is 11.1 Å². The van der Waals surface area contributed by atoms with E-state index in [-0.39, 0.29) is 11.9 Å². The summed E-state index contributed by atoms with van der Waals surface area (Å²) in [4.78, 5) is 0. The van der Waals surface area contributed by atoms with Gasteiger partial charge < -0.3 is 5.73 Å². The molecule has 1 unspecified atom stereocenters. The summed E-state index contributed by atoms with van der Waals surface area (Å²) in [6, 6.07) is 11.9. The van der Waals surface area contributed by atoms with E-state index in [0.29, 0.717) is 5.02 Å². The average Bonchev–Trinajstić information content (AvgIpc) is 2.29. The van der Waals surface area contributed by atoms with E-state index in [4.69, 9.17) is 17.3 Å². The van der Waals surface area contributed by atoms with Crippen LogP contribution >= 0.6 is 11.6 Å². The normalized spacial score (nSPS) is 12.5. The molecule has 1 nitrogen and oxygen atoms in total. The molecule has 0 fully saturated rings. The van der Waals surface area contributed by atoms with Crippen molar-refractivity contribution in [2.75, 3.05) is 0 Å². The summed E-state index contributed by atoms with van der Waals surface area (Å²) in [6.45, 7) is 1.89. The molecule has 3 heteroatoms. The number of rotatable bonds is 2. The number of halogens is 2. The third kappa shape index (κ3) is 2.65. The van der Waals surface area contributed by atoms with Crippen molar-refractivity contribution >= 4 is 11.6 Å². The van der Waals surface area contributed by atoms with E-state index >= 15 is 0 Å². The third-order valence-corrected chi connectivity index (χ3v) is 3.00. The maximum Gasteiger partial charge on any atom is 0.123 e. The fraction of sp³-hybridized carbons (Fsp3) is 0.143. The van der Waals surface area contributed by atoms with Crippen LogP contribution in [-0.2, 0) is 0 Å². The molecule has 0 bridgehead atoms. The second-order valence-electron chi connectivity index (χ2n) is 4.03. The van der Waals surface area contributed by atoms with Crippen LogP contribution in [0.25, 0.3) is 11.1 Å². The SMILES string of the molecule is CC(N)c1ccc(-c2ccc(F)cc2)cc1Cl. The fourth-order valence-corrected chi connectivity index (χ4v) is 2.07. The Balaban J connectivity index is 2.41. The Labute approximate surface area is 105 Å². The van der Waals surface area contributed by atoms with Gasteiger partial charge in [0.1, 0.15) is 5.82 Å². The molecule has 0 saturated carbocycles. The van der Waals surface area contributed by atoms with Crippen LogP contribution in [0.5, 0.6) is 0 Å². The topological polar surface area (TPSA) is 26.0 Å². The van der Waals surface area contributed by atoms with Crippen LogP contribution in [0.4, 0.5) is 4.39 Å². The van der Waals surface area contributed by atoms with Crippen molar-refractivity contribution in [2.45, 2.75) is 13.0 Å². The Morgan fingerprint density at radius 2 is 1.65 bits per heavy atom. The first-order valence-electron chi connectivity index (χ1n) is 5.39. The van der Waals surface area contributed by atoms with Gasteiger partial charge in [-0.15, -0.1) is 0 Å². The zero-order valence-electron chi connectivity index (χ0n) is 9.45. The van der Waals surface area contributed by atoms with E-state index in [1.807, 2.05) is 25.1 Å². The Hall–Kier alpha value is -1.38. The third-order valence-electron chi connectivity index (χ3n) is 2.67. The monoisotopic (exact) mass is 249 g/mol. The van der Waals surface area contributed by atoms with E-state index < -0.39 is 0 Å². The van der Waals surface area contributed by atoms with Crippen LogP contribution in [0.2, 0.25) is 5.02 Å². The van der Waals surface area contributed by atoms with Crippen LogP contribution in [0.1, 0.15) is 18.5 Å². The summed E-state index contributed by atoms with van der Waals surface area (Å²) >= 11 is 6.15. The molecule has 0 heterocycles. The minimum atomic E-state index is -0.243. The Bertz CT molecular complexity index is 520. The highest BCUT2D eigenvalue weighted by Gasteiger charge is 2.07. The lowest BCUT2D eigenvalue weighted by atomic mass is 10.0. The lowest BCUT2D eigenvalue weighted by molar-refractivity contribution is 0.628. The lowest BCUT2D eigenvalue weighted by Gasteiger charge is -2.10. The fourth-order valence-electron chi connectivity index (χ4n) is 1.72. The predicted molar refractivity (Wildman–Crippen MR) is 69.4 cm³/mol. The Morgan fingerprint density at radius 3 is 2.18 bits per heavy atom. The van der Waals surface area contributed by atoms with Gasteiger partial charge in [-0.25, -0.2) is 4.39 Å². The van der Waals surface area contributed by atoms with Gasteiger partial charge in [-0.2, -0.15) is 0 Å². The molecule has 0 aliphatic carbocycles. The summed E-state index contributed by atoms with van der Waals surface area (Å²) < 4.78 is 12.8. The van der Waals surface area contributed by atoms with Crippen molar-refractivity contribution in [1.82, 2.24) is 0 Å². The Kier molecular flexibility index (Phi) is 3.46. The van der Waals surface area contributed by atoms with Crippen LogP contribution < -0.4 is 5.73 Å². The summed E-state index contributed by atoms with van der Waals surface area (Å²) in [7, 11) is 0. The van der Waals surface area contributed by atoms with Crippen LogP contribution in [0.3, 0.4) is 0 Å². The van der Waals surface area contributed by atoms with E-state index in [1.54, 1.807) is 12.1 Å². The summed E-state index contributed by atoms with van der Waals surface area (Å²) in [6.07, 6.45) is 0. The van der Waals surface area contributed by atoms with Crippen molar-refractivity contribution in [1.29, 1.82) is 0 Å². The summed E-state index contributed by atoms with van der Waals surface area (Å²) in [5.74, 6) is -0.243. The Morgan fingerprint density at radius 1 is 1.06 bits per heavy atom. The molecular weight excluding hydrogens is 237 g/mol. The molecule has 0 aliphatic rings. The van der Waals surface area contributed by atoms with Gasteiger partial charge in [-0.3, -0.25) is 0 Å². The van der Waals surface area contributed by atoms with Crippen LogP contribution in [0.15, 0.2) is 42.5 Å². The van der Waals surface area contributed by atoms with Crippen LogP contribution in [0, 0.1) is 5.82 Å². The molecule has 1 atom stereocenters. The molecule has 0 aromatic heterocycles. The average molecular weight is 250 g/mol. The largest absolute Gasteiger partial charge is 0.324 e. The number of hydrogen-bond donors (Lipinski definition) is 1. The van der Waals surface area contributed by atoms with E-state index in [2.05, 4.69) is 0 Å². The minimum Gasteiger partial charge on any atom is -0.324 e. The summed E-state index contributed by atoms with van der Waals surface area (Å²) in [5, 5.41) is 0.641. The first-order valence-corrected chi connectivity index (χ1v) is 5.76. The highest BCUT2D eigenvalue weighted by Crippen LogP contribution is 2.28. The maximum atomic E-state index is 12.8. The summed E-state index contributed by atoms with van der Waals surface area (Å²) in [5.41, 5.74) is 8.60. The van der Waals surface area contributed by atoms with Crippen molar-refractivity contribution in [3.8, 4) is 11.1 Å². The van der Waals surface area contributed by atoms with Crippen molar-refractivity contribution in [2.24, 2.45) is 5.73 Å². The molecule has 0 aliphatic heterocycles. The zero-order valence-corrected chi connectivity index (χ0v) is 10.2. The molecule has 0 saturated heterocycles. The molecule has 88 valence electrons. The second kappa shape index (κ2) is 4.86. The van der Waals surface area contributed by atoms with Gasteiger partial charge in [0.05, 0.1) is 0 Å². The first-order chi connectivity index (χ1) is 8.08. The molecule has 2 aromatic carbocycles. The molecule has 0 spiro atoms. The molecule has 2 N–H and O–H groups in total. The minimum absolute atomic E-state index is 0.0928. The highest BCUT2D eigenvalue weighted by atomic mass is 35.5. The first kappa shape index (κ1) is 12.1. The van der Waals surface area contributed by atoms with E-state index in [9.17, 15) is 4.39 Å². The van der Waals surface area contributed by atoms with Crippen molar-refractivity contribution in [3.63, 3.8) is 0 Å². The zero-order chi connectivity index (χ0) is 12.4. The van der Waals surface area contributed by atoms with Gasteiger partial charge in [0.25, 0.3) is 0 Å². The molecular formula is C14H13ClFN. The predicted octanol–water partition coefficient (Wildman–Crippen LogP) is 4.17. The number of nitrogens with two attached hydrogens (primary N) is 1. The molecule has 17 heavy (non-hydrogen) atoms. The van der Waals surface area contributed by atoms with Gasteiger partial charge in [0.15, 0.2) is 0 Å². The van der Waals surface area contributed by atoms with E-state index in [0.717, 1.165) is 16.7 Å². The van der Waals surface area contributed by atoms with Gasteiger partial charge >= 0.3 is 0 Å². The molecule has 2 aromatic rings. The highest BCUT2D eigenvalue weighted by molar-refractivity contribution is 6.31. The standard InChI is InChI=1S/C14H13ClFN/c1-9(17)13-7-4-11(8-14(13)15)10-2-5-12(16)6-3-10/h2-9H,17H2,1H3. The van der Waals surface area contributed by atoms with E-state index in [1.165, 1.54) is 12.1 Å². The molecule has 2 rings (SSSR count). The molecule has 0 amide bonds. The van der Waals surface area contributed by atoms with Gasteiger partial charge in [0.2, 0.25) is 0 Å². The molecule has 0 radical (unpaired) electrons.